The SMILES string of the molecule is CN(Cc1ccc(Cl)cc1)c1nc2ccccn2c(=O)c1[N+](=O)[O-]. The summed E-state index contributed by atoms with van der Waals surface area (Å²) in [5, 5.41) is 12.0. The number of nitro groups is 1. The van der Waals surface area contributed by atoms with E-state index in [2.05, 4.69) is 4.98 Å². The number of benzene rings is 1. The summed E-state index contributed by atoms with van der Waals surface area (Å²) in [6, 6.07) is 12.1. The molecule has 0 atom stereocenters. The van der Waals surface area contributed by atoms with Crippen LogP contribution in [0.5, 0.6) is 0 Å². The minimum atomic E-state index is -0.705. The molecule has 0 radical (unpaired) electrons. The molecule has 122 valence electrons. The molecule has 0 N–H and O–H groups in total. The molecule has 1 aromatic carbocycles. The minimum Gasteiger partial charge on any atom is -0.349 e. The highest BCUT2D eigenvalue weighted by atomic mass is 35.5. The van der Waals surface area contributed by atoms with E-state index >= 15 is 0 Å². The number of halogens is 1. The fourth-order valence-electron chi connectivity index (χ4n) is 2.43. The summed E-state index contributed by atoms with van der Waals surface area (Å²) in [7, 11) is 1.66. The van der Waals surface area contributed by atoms with Crippen LogP contribution in [0.4, 0.5) is 11.5 Å². The zero-order valence-electron chi connectivity index (χ0n) is 12.7. The first-order valence-corrected chi connectivity index (χ1v) is 7.46. The van der Waals surface area contributed by atoms with Gasteiger partial charge in [-0.25, -0.2) is 4.98 Å². The molecular weight excluding hydrogens is 332 g/mol. The van der Waals surface area contributed by atoms with E-state index in [1.54, 1.807) is 42.3 Å². The normalized spacial score (nSPS) is 10.8. The second-order valence-electron chi connectivity index (χ2n) is 5.26. The van der Waals surface area contributed by atoms with Gasteiger partial charge in [0.1, 0.15) is 5.65 Å². The molecule has 3 rings (SSSR count). The Labute approximate surface area is 141 Å². The van der Waals surface area contributed by atoms with E-state index in [0.717, 1.165) is 9.96 Å². The maximum atomic E-state index is 12.4. The van der Waals surface area contributed by atoms with Gasteiger partial charge in [-0.3, -0.25) is 19.3 Å². The number of anilines is 1. The van der Waals surface area contributed by atoms with Gasteiger partial charge in [0.05, 0.1) is 4.92 Å². The Kier molecular flexibility index (Phi) is 4.18. The average Bonchev–Trinajstić information content (AvgIpc) is 2.56. The molecule has 0 aliphatic rings. The lowest BCUT2D eigenvalue weighted by Crippen LogP contribution is -2.26. The molecule has 0 unspecified atom stereocenters. The topological polar surface area (TPSA) is 80.8 Å². The standard InChI is InChI=1S/C16H13ClN4O3/c1-19(10-11-5-7-12(17)8-6-11)15-14(21(23)24)16(22)20-9-3-2-4-13(20)18-15/h2-9H,10H2,1H3. The van der Waals surface area contributed by atoms with Gasteiger partial charge in [0, 0.05) is 24.8 Å². The van der Waals surface area contributed by atoms with Gasteiger partial charge in [-0.1, -0.05) is 29.8 Å². The van der Waals surface area contributed by atoms with E-state index in [1.807, 2.05) is 12.1 Å². The summed E-state index contributed by atoms with van der Waals surface area (Å²) >= 11 is 5.86. The van der Waals surface area contributed by atoms with Crippen molar-refractivity contribution in [2.75, 3.05) is 11.9 Å². The molecule has 0 aliphatic carbocycles. The average molecular weight is 345 g/mol. The van der Waals surface area contributed by atoms with E-state index < -0.39 is 16.2 Å². The zero-order chi connectivity index (χ0) is 17.3. The van der Waals surface area contributed by atoms with Gasteiger partial charge in [0.25, 0.3) is 0 Å². The van der Waals surface area contributed by atoms with Crippen LogP contribution >= 0.6 is 11.6 Å². The number of aromatic nitrogens is 2. The Morgan fingerprint density at radius 1 is 1.25 bits per heavy atom. The lowest BCUT2D eigenvalue weighted by molar-refractivity contribution is -0.385. The van der Waals surface area contributed by atoms with Crippen molar-refractivity contribution in [2.24, 2.45) is 0 Å². The predicted octanol–water partition coefficient (Wildman–Crippen LogP) is 2.89. The number of fused-ring (bicyclic) bond motifs is 1. The molecule has 0 amide bonds. The van der Waals surface area contributed by atoms with Crippen molar-refractivity contribution in [1.82, 2.24) is 9.38 Å². The van der Waals surface area contributed by atoms with Crippen LogP contribution in [-0.4, -0.2) is 21.4 Å². The molecule has 0 spiro atoms. The summed E-state index contributed by atoms with van der Waals surface area (Å²) < 4.78 is 1.16. The molecule has 0 bridgehead atoms. The largest absolute Gasteiger partial charge is 0.376 e. The van der Waals surface area contributed by atoms with Crippen LogP contribution in [0.15, 0.2) is 53.5 Å². The van der Waals surface area contributed by atoms with Crippen molar-refractivity contribution >= 4 is 28.8 Å². The minimum absolute atomic E-state index is 0.0335. The number of rotatable bonds is 4. The van der Waals surface area contributed by atoms with E-state index in [1.165, 1.54) is 6.20 Å². The van der Waals surface area contributed by atoms with Gasteiger partial charge >= 0.3 is 11.2 Å². The Hall–Kier alpha value is -2.93. The first-order valence-electron chi connectivity index (χ1n) is 7.09. The van der Waals surface area contributed by atoms with Crippen molar-refractivity contribution < 1.29 is 4.92 Å². The maximum Gasteiger partial charge on any atom is 0.376 e. The Morgan fingerprint density at radius 2 is 1.96 bits per heavy atom. The third-order valence-electron chi connectivity index (χ3n) is 3.57. The third-order valence-corrected chi connectivity index (χ3v) is 3.82. The third kappa shape index (κ3) is 2.93. The smallest absolute Gasteiger partial charge is 0.349 e. The fraction of sp³-hybridized carbons (Fsp3) is 0.125. The van der Waals surface area contributed by atoms with Crippen LogP contribution in [0.25, 0.3) is 5.65 Å². The maximum absolute atomic E-state index is 12.4. The molecule has 2 heterocycles. The van der Waals surface area contributed by atoms with Crippen LogP contribution in [0.2, 0.25) is 5.02 Å². The van der Waals surface area contributed by atoms with E-state index in [4.69, 9.17) is 11.6 Å². The van der Waals surface area contributed by atoms with Gasteiger partial charge in [0.15, 0.2) is 0 Å². The fourth-order valence-corrected chi connectivity index (χ4v) is 2.56. The number of pyridine rings is 1. The summed E-state index contributed by atoms with van der Waals surface area (Å²) in [5.74, 6) is 0.0335. The van der Waals surface area contributed by atoms with E-state index in [9.17, 15) is 14.9 Å². The van der Waals surface area contributed by atoms with Crippen molar-refractivity contribution in [2.45, 2.75) is 6.54 Å². The quantitative estimate of drug-likeness (QED) is 0.537. The van der Waals surface area contributed by atoms with Crippen LogP contribution in [-0.2, 0) is 6.54 Å². The Bertz CT molecular complexity index is 969. The van der Waals surface area contributed by atoms with E-state index in [-0.39, 0.29) is 5.82 Å². The summed E-state index contributed by atoms with van der Waals surface area (Å²) in [6.45, 7) is 0.355. The number of hydrogen-bond donors (Lipinski definition) is 0. The molecule has 24 heavy (non-hydrogen) atoms. The highest BCUT2D eigenvalue weighted by molar-refractivity contribution is 6.30. The number of nitrogens with zero attached hydrogens (tertiary/aromatic N) is 4. The number of hydrogen-bond acceptors (Lipinski definition) is 5. The van der Waals surface area contributed by atoms with Gasteiger partial charge < -0.3 is 4.90 Å². The molecule has 2 aromatic heterocycles. The van der Waals surface area contributed by atoms with Gasteiger partial charge in [-0.05, 0) is 29.8 Å². The molecular formula is C16H13ClN4O3. The predicted molar refractivity (Wildman–Crippen MR) is 91.7 cm³/mol. The highest BCUT2D eigenvalue weighted by Gasteiger charge is 2.26. The van der Waals surface area contributed by atoms with Crippen LogP contribution in [0.3, 0.4) is 0 Å². The van der Waals surface area contributed by atoms with Crippen molar-refractivity contribution in [1.29, 1.82) is 0 Å². The molecule has 0 saturated carbocycles. The Balaban J connectivity index is 2.10. The van der Waals surface area contributed by atoms with Crippen LogP contribution < -0.4 is 10.5 Å². The summed E-state index contributed by atoms with van der Waals surface area (Å²) in [5.41, 5.74) is -0.00367. The first kappa shape index (κ1) is 15.9. The molecule has 0 aliphatic heterocycles. The van der Waals surface area contributed by atoms with Crippen molar-refractivity contribution in [3.05, 3.63) is 79.7 Å². The molecule has 7 nitrogen and oxygen atoms in total. The van der Waals surface area contributed by atoms with Crippen LogP contribution in [0.1, 0.15) is 5.56 Å². The second-order valence-corrected chi connectivity index (χ2v) is 5.69. The highest BCUT2D eigenvalue weighted by Crippen LogP contribution is 2.23. The monoisotopic (exact) mass is 344 g/mol. The lowest BCUT2D eigenvalue weighted by atomic mass is 10.2. The molecule has 0 saturated heterocycles. The first-order chi connectivity index (χ1) is 11.5. The molecule has 0 fully saturated rings. The van der Waals surface area contributed by atoms with Crippen molar-refractivity contribution in [3.63, 3.8) is 0 Å². The Morgan fingerprint density at radius 3 is 2.62 bits per heavy atom. The second kappa shape index (κ2) is 6.29. The summed E-state index contributed by atoms with van der Waals surface area (Å²) in [6.07, 6.45) is 1.46. The van der Waals surface area contributed by atoms with Gasteiger partial charge in [0.2, 0.25) is 5.82 Å². The molecule has 3 aromatic rings. The molecule has 8 heteroatoms. The van der Waals surface area contributed by atoms with E-state index in [0.29, 0.717) is 17.2 Å². The van der Waals surface area contributed by atoms with Gasteiger partial charge in [-0.2, -0.15) is 0 Å². The summed E-state index contributed by atoms with van der Waals surface area (Å²) in [4.78, 5) is 29.0. The van der Waals surface area contributed by atoms with Crippen LogP contribution in [0, 0.1) is 10.1 Å². The zero-order valence-corrected chi connectivity index (χ0v) is 13.5. The lowest BCUT2D eigenvalue weighted by Gasteiger charge is -2.18. The van der Waals surface area contributed by atoms with Crippen molar-refractivity contribution in [3.8, 4) is 0 Å². The van der Waals surface area contributed by atoms with Gasteiger partial charge in [-0.15, -0.1) is 0 Å².